The first-order valence-corrected chi connectivity index (χ1v) is 11.3. The van der Waals surface area contributed by atoms with Gasteiger partial charge in [0.25, 0.3) is 0 Å². The van der Waals surface area contributed by atoms with Gasteiger partial charge in [-0.3, -0.25) is 29.3 Å². The lowest BCUT2D eigenvalue weighted by Crippen LogP contribution is -2.53. The quantitative estimate of drug-likeness (QED) is 0.0926. The van der Waals surface area contributed by atoms with Gasteiger partial charge < -0.3 is 34.1 Å². The summed E-state index contributed by atoms with van der Waals surface area (Å²) in [7, 11) is -3.08. The average molecular weight is 484 g/mol. The Bertz CT molecular complexity index is 692. The highest BCUT2D eigenvalue weighted by molar-refractivity contribution is 7.47. The number of hydrogen-bond donors (Lipinski definition) is 5. The number of phosphoric ester groups is 1. The number of imide groups is 1. The topological polar surface area (TPSA) is 191 Å². The first-order chi connectivity index (χ1) is 15.3. The zero-order valence-corrected chi connectivity index (χ0v) is 18.3. The molecule has 0 bridgehead atoms. The molecule has 0 spiro atoms. The molecule has 0 aromatic heterocycles. The molecule has 184 valence electrons. The number of methoxy groups -OCH3 is 1. The van der Waals surface area contributed by atoms with E-state index in [0.717, 1.165) is 6.08 Å². The molecule has 1 fully saturated rings. The predicted octanol–water partition coefficient (Wildman–Crippen LogP) is -2.58. The van der Waals surface area contributed by atoms with Crippen LogP contribution in [0.3, 0.4) is 0 Å². The minimum absolute atomic E-state index is 0.0132. The average Bonchev–Trinajstić information content (AvgIpc) is 3.03. The summed E-state index contributed by atoms with van der Waals surface area (Å²) in [4.78, 5) is 32.9. The van der Waals surface area contributed by atoms with Gasteiger partial charge in [0.05, 0.1) is 46.2 Å². The third-order valence-corrected chi connectivity index (χ3v) is 5.39. The fourth-order valence-corrected chi connectivity index (χ4v) is 3.77. The van der Waals surface area contributed by atoms with Gasteiger partial charge in [-0.05, 0) is 0 Å². The Morgan fingerprint density at radius 3 is 2.44 bits per heavy atom. The lowest BCUT2D eigenvalue weighted by atomic mass is 10.1. The summed E-state index contributed by atoms with van der Waals surface area (Å²) >= 11 is 0. The second-order valence-electron chi connectivity index (χ2n) is 6.71. The summed E-state index contributed by atoms with van der Waals surface area (Å²) in [5, 5.41) is 24.6. The number of ether oxygens (including phenoxy) is 4. The molecule has 5 N–H and O–H groups in total. The molecule has 32 heavy (non-hydrogen) atoms. The van der Waals surface area contributed by atoms with E-state index in [0.29, 0.717) is 19.8 Å². The van der Waals surface area contributed by atoms with E-state index >= 15 is 0 Å². The molecular weight excluding hydrogens is 455 g/mol. The number of carbonyl (C=O) groups excluding carboxylic acids is 2. The number of hydrogen-bond acceptors (Lipinski definition) is 12. The number of aliphatic hydroxyl groups excluding tert-OH is 2. The van der Waals surface area contributed by atoms with E-state index in [1.165, 1.54) is 6.08 Å². The van der Waals surface area contributed by atoms with Gasteiger partial charge in [0.1, 0.15) is 30.6 Å². The number of carbonyl (C=O) groups is 2. The summed E-state index contributed by atoms with van der Waals surface area (Å²) in [6.45, 7) is 0.509. The van der Waals surface area contributed by atoms with Crippen LogP contribution in [0.1, 0.15) is 0 Å². The van der Waals surface area contributed by atoms with Gasteiger partial charge in [-0.25, -0.2) is 4.57 Å². The van der Waals surface area contributed by atoms with Gasteiger partial charge in [-0.1, -0.05) is 6.08 Å². The van der Waals surface area contributed by atoms with Gasteiger partial charge in [0, 0.05) is 13.2 Å². The van der Waals surface area contributed by atoms with Crippen molar-refractivity contribution in [2.24, 2.45) is 0 Å². The van der Waals surface area contributed by atoms with Crippen molar-refractivity contribution in [1.29, 1.82) is 0 Å². The van der Waals surface area contributed by atoms with Crippen LogP contribution in [-0.4, -0.2) is 111 Å². The van der Waals surface area contributed by atoms with Crippen molar-refractivity contribution in [3.8, 4) is 0 Å². The maximum absolute atomic E-state index is 12.2. The molecule has 2 rings (SSSR count). The molecule has 0 radical (unpaired) electrons. The number of nitrogens with one attached hydrogen (secondary N) is 2. The fraction of sp³-hybridized carbons (Fsp3) is 0.765. The van der Waals surface area contributed by atoms with Crippen LogP contribution in [0.25, 0.3) is 0 Å². The molecule has 0 aliphatic carbocycles. The largest absolute Gasteiger partial charge is 0.472 e. The van der Waals surface area contributed by atoms with E-state index < -0.39 is 56.8 Å². The van der Waals surface area contributed by atoms with Gasteiger partial charge in [0.15, 0.2) is 0 Å². The van der Waals surface area contributed by atoms with E-state index in [4.69, 9.17) is 28.0 Å². The smallest absolute Gasteiger partial charge is 0.394 e. The molecule has 4 unspecified atom stereocenters. The van der Waals surface area contributed by atoms with Crippen molar-refractivity contribution in [1.82, 2.24) is 10.6 Å². The van der Waals surface area contributed by atoms with Gasteiger partial charge in [0.2, 0.25) is 11.8 Å². The summed E-state index contributed by atoms with van der Waals surface area (Å²) in [5.74, 6) is -1.25. The SMILES string of the molecule is COCCOCCOCCOP(=O)(O)OC1C(O)[C@H](NC2C=CC(=O)NC2=O)O[C@@H]1CO. The number of rotatable bonds is 15. The van der Waals surface area contributed by atoms with Crippen molar-refractivity contribution in [2.45, 2.75) is 30.6 Å². The van der Waals surface area contributed by atoms with Crippen LogP contribution in [0.4, 0.5) is 0 Å². The summed E-state index contributed by atoms with van der Waals surface area (Å²) in [6.07, 6.45) is -2.98. The van der Waals surface area contributed by atoms with Gasteiger partial charge in [-0.2, -0.15) is 0 Å². The number of phosphoric acid groups is 1. The number of amides is 2. The van der Waals surface area contributed by atoms with Crippen LogP contribution < -0.4 is 10.6 Å². The van der Waals surface area contributed by atoms with E-state index in [1.54, 1.807) is 7.11 Å². The lowest BCUT2D eigenvalue weighted by Gasteiger charge is -2.24. The minimum atomic E-state index is -4.63. The fourth-order valence-electron chi connectivity index (χ4n) is 2.83. The second kappa shape index (κ2) is 13.4. The monoisotopic (exact) mass is 484 g/mol. The molecule has 15 heteroatoms. The summed E-state index contributed by atoms with van der Waals surface area (Å²) < 4.78 is 42.6. The second-order valence-corrected chi connectivity index (χ2v) is 8.12. The molecule has 2 aliphatic rings. The molecule has 14 nitrogen and oxygen atoms in total. The molecule has 2 amide bonds. The molecule has 1 saturated heterocycles. The van der Waals surface area contributed by atoms with Crippen LogP contribution in [0.15, 0.2) is 12.2 Å². The number of aliphatic hydroxyl groups is 2. The van der Waals surface area contributed by atoms with Crippen molar-refractivity contribution in [2.75, 3.05) is 53.4 Å². The van der Waals surface area contributed by atoms with Crippen molar-refractivity contribution in [3.63, 3.8) is 0 Å². The van der Waals surface area contributed by atoms with Crippen LogP contribution in [0, 0.1) is 0 Å². The zero-order chi connectivity index (χ0) is 23.6. The third-order valence-electron chi connectivity index (χ3n) is 4.37. The maximum Gasteiger partial charge on any atom is 0.472 e. The van der Waals surface area contributed by atoms with E-state index in [9.17, 15) is 29.3 Å². The minimum Gasteiger partial charge on any atom is -0.394 e. The predicted molar refractivity (Wildman–Crippen MR) is 105 cm³/mol. The molecule has 0 aromatic carbocycles. The van der Waals surface area contributed by atoms with E-state index in [-0.39, 0.29) is 19.8 Å². The molecule has 2 heterocycles. The maximum atomic E-state index is 12.2. The van der Waals surface area contributed by atoms with Gasteiger partial charge >= 0.3 is 7.82 Å². The van der Waals surface area contributed by atoms with Crippen LogP contribution in [0.5, 0.6) is 0 Å². The van der Waals surface area contributed by atoms with E-state index in [1.807, 2.05) is 0 Å². The van der Waals surface area contributed by atoms with Crippen molar-refractivity contribution in [3.05, 3.63) is 12.2 Å². The Hall–Kier alpha value is -1.29. The Morgan fingerprint density at radius 1 is 1.16 bits per heavy atom. The Kier molecular flexibility index (Phi) is 11.3. The first kappa shape index (κ1) is 27.0. The van der Waals surface area contributed by atoms with Crippen molar-refractivity contribution < 1.29 is 57.3 Å². The Morgan fingerprint density at radius 2 is 1.81 bits per heavy atom. The van der Waals surface area contributed by atoms with Crippen LogP contribution in [-0.2, 0) is 42.1 Å². The highest BCUT2D eigenvalue weighted by Crippen LogP contribution is 2.47. The highest BCUT2D eigenvalue weighted by atomic mass is 31.2. The first-order valence-electron chi connectivity index (χ1n) is 9.81. The summed E-state index contributed by atoms with van der Waals surface area (Å²) in [6, 6.07) is -1.00. The molecular formula is C17H29N2O12P. The standard InChI is InChI=1S/C17H29N2O12P/c1-26-4-5-27-6-7-28-8-9-29-32(24,25)31-15-12(10-20)30-17(14(15)22)18-11-2-3-13(21)19-16(11)23/h2-3,11-12,14-15,17-18,20,22H,4-10H2,1H3,(H,24,25)(H,19,21,23)/t11?,12-,14?,15?,17-/m1/s1. The van der Waals surface area contributed by atoms with Crippen LogP contribution >= 0.6 is 7.82 Å². The lowest BCUT2D eigenvalue weighted by molar-refractivity contribution is -0.130. The highest BCUT2D eigenvalue weighted by Gasteiger charge is 2.48. The Labute approximate surface area is 184 Å². The molecule has 0 aromatic rings. The molecule has 0 saturated carbocycles. The van der Waals surface area contributed by atoms with Gasteiger partial charge in [-0.15, -0.1) is 0 Å². The van der Waals surface area contributed by atoms with E-state index in [2.05, 4.69) is 10.6 Å². The Balaban J connectivity index is 1.77. The normalized spacial score (nSPS) is 29.8. The third kappa shape index (κ3) is 8.57. The summed E-state index contributed by atoms with van der Waals surface area (Å²) in [5.41, 5.74) is 0. The van der Waals surface area contributed by atoms with Crippen LogP contribution in [0.2, 0.25) is 0 Å². The molecule has 6 atom stereocenters. The molecule has 2 aliphatic heterocycles. The van der Waals surface area contributed by atoms with Crippen molar-refractivity contribution >= 4 is 19.6 Å². The zero-order valence-electron chi connectivity index (χ0n) is 17.5.